The topological polar surface area (TPSA) is 59.9 Å². The van der Waals surface area contributed by atoms with Gasteiger partial charge >= 0.3 is 0 Å². The Morgan fingerprint density at radius 1 is 1.20 bits per heavy atom. The number of rotatable bonds is 6. The van der Waals surface area contributed by atoms with E-state index in [2.05, 4.69) is 24.5 Å². The average Bonchev–Trinajstić information content (AvgIpc) is 2.73. The van der Waals surface area contributed by atoms with Crippen LogP contribution in [0.2, 0.25) is 0 Å². The van der Waals surface area contributed by atoms with Crippen LogP contribution < -0.4 is 15.5 Å². The molecule has 0 radical (unpaired) electrons. The lowest BCUT2D eigenvalue weighted by atomic mass is 9.84. The summed E-state index contributed by atoms with van der Waals surface area (Å²) in [6, 6.07) is 5.89. The number of hydrogen-bond donors (Lipinski definition) is 3. The second kappa shape index (κ2) is 12.7. The maximum Gasteiger partial charge on any atom is 0.191 e. The largest absolute Gasteiger partial charge is 0.393 e. The monoisotopic (exact) mass is 532 g/mol. The summed E-state index contributed by atoms with van der Waals surface area (Å²) in [6.45, 7) is 7.00. The van der Waals surface area contributed by atoms with Gasteiger partial charge in [-0.2, -0.15) is 0 Å². The van der Waals surface area contributed by atoms with E-state index in [9.17, 15) is 9.50 Å². The van der Waals surface area contributed by atoms with E-state index in [0.29, 0.717) is 44.2 Å². The van der Waals surface area contributed by atoms with Crippen LogP contribution in [0.15, 0.2) is 23.2 Å². The zero-order chi connectivity index (χ0) is 20.6. The normalized spacial score (nSPS) is 23.1. The lowest BCUT2D eigenvalue weighted by Gasteiger charge is -2.31. The van der Waals surface area contributed by atoms with Crippen molar-refractivity contribution in [1.82, 2.24) is 10.6 Å². The third-order valence-electron chi connectivity index (χ3n) is 6.28. The van der Waals surface area contributed by atoms with Gasteiger partial charge in [-0.25, -0.2) is 9.38 Å². The molecule has 0 bridgehead atoms. The number of anilines is 1. The number of aliphatic imine (C=N–C) groups is 1. The van der Waals surface area contributed by atoms with Gasteiger partial charge in [-0.1, -0.05) is 32.3 Å². The number of aliphatic hydroxyl groups is 1. The number of piperidine rings is 1. The molecule has 30 heavy (non-hydrogen) atoms. The van der Waals surface area contributed by atoms with Gasteiger partial charge in [0.2, 0.25) is 0 Å². The van der Waals surface area contributed by atoms with Gasteiger partial charge in [-0.15, -0.1) is 24.0 Å². The van der Waals surface area contributed by atoms with Crippen molar-refractivity contribution >= 4 is 35.6 Å². The van der Waals surface area contributed by atoms with Crippen molar-refractivity contribution < 1.29 is 9.50 Å². The first-order chi connectivity index (χ1) is 14.1. The average molecular weight is 532 g/mol. The van der Waals surface area contributed by atoms with Gasteiger partial charge in [0.25, 0.3) is 0 Å². The fraction of sp³-hybridized carbons (Fsp3) is 0.696. The molecule has 170 valence electrons. The highest BCUT2D eigenvalue weighted by Crippen LogP contribution is 2.27. The minimum absolute atomic E-state index is 0. The van der Waals surface area contributed by atoms with Crippen LogP contribution in [-0.4, -0.2) is 42.8 Å². The van der Waals surface area contributed by atoms with Gasteiger partial charge in [0, 0.05) is 25.7 Å². The smallest absolute Gasteiger partial charge is 0.191 e. The summed E-state index contributed by atoms with van der Waals surface area (Å²) in [5.74, 6) is 1.43. The van der Waals surface area contributed by atoms with Gasteiger partial charge < -0.3 is 20.6 Å². The highest BCUT2D eigenvalue weighted by atomic mass is 127. The summed E-state index contributed by atoms with van der Waals surface area (Å²) in [5, 5.41) is 16.6. The van der Waals surface area contributed by atoms with E-state index in [-0.39, 0.29) is 35.9 Å². The first-order valence-corrected chi connectivity index (χ1v) is 11.3. The fourth-order valence-corrected chi connectivity index (χ4v) is 4.49. The molecule has 2 aliphatic rings. The first-order valence-electron chi connectivity index (χ1n) is 11.3. The molecule has 1 aliphatic carbocycles. The van der Waals surface area contributed by atoms with Crippen LogP contribution in [0.5, 0.6) is 0 Å². The molecule has 1 saturated heterocycles. The van der Waals surface area contributed by atoms with E-state index >= 15 is 0 Å². The Balaban J connectivity index is 0.00000320. The van der Waals surface area contributed by atoms with Crippen LogP contribution in [0, 0.1) is 11.7 Å². The number of nitrogens with zero attached hydrogens (tertiary/aromatic N) is 2. The molecule has 3 N–H and O–H groups in total. The number of aliphatic hydroxyl groups excluding tert-OH is 1. The highest BCUT2D eigenvalue weighted by Gasteiger charge is 2.22. The van der Waals surface area contributed by atoms with E-state index in [1.54, 1.807) is 6.07 Å². The zero-order valence-corrected chi connectivity index (χ0v) is 20.7. The van der Waals surface area contributed by atoms with Gasteiger partial charge in [-0.3, -0.25) is 0 Å². The van der Waals surface area contributed by atoms with Crippen LogP contribution in [0.4, 0.5) is 10.1 Å². The quantitative estimate of drug-likeness (QED) is 0.288. The SMILES string of the molecule is CCNC(=NCc1ccc(N2CCC(O)CC2)c(F)c1)NC1CCCC(CC)C1.I. The van der Waals surface area contributed by atoms with Crippen LogP contribution in [0.1, 0.15) is 64.4 Å². The van der Waals surface area contributed by atoms with Crippen LogP contribution >= 0.6 is 24.0 Å². The summed E-state index contributed by atoms with van der Waals surface area (Å²) in [4.78, 5) is 6.72. The van der Waals surface area contributed by atoms with Crippen molar-refractivity contribution in [3.05, 3.63) is 29.6 Å². The van der Waals surface area contributed by atoms with Crippen molar-refractivity contribution in [3.8, 4) is 0 Å². The Kier molecular flexibility index (Phi) is 10.6. The van der Waals surface area contributed by atoms with Crippen molar-refractivity contribution in [2.24, 2.45) is 10.9 Å². The van der Waals surface area contributed by atoms with Crippen LogP contribution in [-0.2, 0) is 6.54 Å². The standard InChI is InChI=1S/C23H37FN4O.HI/c1-3-17-6-5-7-19(14-17)27-23(25-4-2)26-16-18-8-9-22(21(24)15-18)28-12-10-20(29)11-13-28;/h8-9,15,17,19-20,29H,3-7,10-14,16H2,1-2H3,(H2,25,26,27);1H. The van der Waals surface area contributed by atoms with Crippen LogP contribution in [0.25, 0.3) is 0 Å². The molecule has 1 aromatic carbocycles. The van der Waals surface area contributed by atoms with Crippen LogP contribution in [0.3, 0.4) is 0 Å². The summed E-state index contributed by atoms with van der Waals surface area (Å²) in [6.07, 6.45) is 7.39. The summed E-state index contributed by atoms with van der Waals surface area (Å²) < 4.78 is 14.7. The molecular weight excluding hydrogens is 494 g/mol. The molecule has 5 nitrogen and oxygen atoms in total. The van der Waals surface area contributed by atoms with Crippen molar-refractivity contribution in [2.75, 3.05) is 24.5 Å². The third kappa shape index (κ3) is 7.25. The van der Waals surface area contributed by atoms with Gasteiger partial charge in [0.05, 0.1) is 18.3 Å². The molecule has 7 heteroatoms. The zero-order valence-electron chi connectivity index (χ0n) is 18.4. The lowest BCUT2D eigenvalue weighted by molar-refractivity contribution is 0.145. The highest BCUT2D eigenvalue weighted by molar-refractivity contribution is 14.0. The first kappa shape index (κ1) is 25.2. The molecule has 2 unspecified atom stereocenters. The second-order valence-electron chi connectivity index (χ2n) is 8.48. The van der Waals surface area contributed by atoms with Gasteiger partial charge in [0.1, 0.15) is 5.82 Å². The molecule has 1 aromatic rings. The minimum atomic E-state index is -0.253. The summed E-state index contributed by atoms with van der Waals surface area (Å²) >= 11 is 0. The fourth-order valence-electron chi connectivity index (χ4n) is 4.49. The van der Waals surface area contributed by atoms with Gasteiger partial charge in [0.15, 0.2) is 5.96 Å². The Bertz CT molecular complexity index is 679. The molecular formula is C23H38FIN4O. The Hall–Kier alpha value is -1.09. The molecule has 1 saturated carbocycles. The lowest BCUT2D eigenvalue weighted by Crippen LogP contribution is -2.45. The van der Waals surface area contributed by atoms with E-state index in [1.807, 2.05) is 17.0 Å². The second-order valence-corrected chi connectivity index (χ2v) is 8.48. The minimum Gasteiger partial charge on any atom is -0.393 e. The van der Waals surface area contributed by atoms with E-state index in [0.717, 1.165) is 24.0 Å². The van der Waals surface area contributed by atoms with E-state index < -0.39 is 0 Å². The number of nitrogens with one attached hydrogen (secondary N) is 2. The molecule has 0 aromatic heterocycles. The number of halogens is 2. The molecule has 0 amide bonds. The summed E-state index contributed by atoms with van der Waals surface area (Å²) in [7, 11) is 0. The predicted molar refractivity (Wildman–Crippen MR) is 133 cm³/mol. The number of guanidine groups is 1. The molecule has 2 atom stereocenters. The Morgan fingerprint density at radius 3 is 2.63 bits per heavy atom. The molecule has 3 rings (SSSR count). The number of hydrogen-bond acceptors (Lipinski definition) is 3. The third-order valence-corrected chi connectivity index (χ3v) is 6.28. The molecule has 2 fully saturated rings. The van der Waals surface area contributed by atoms with Crippen molar-refractivity contribution in [3.63, 3.8) is 0 Å². The van der Waals surface area contributed by atoms with Crippen molar-refractivity contribution in [2.45, 2.75) is 77.5 Å². The Morgan fingerprint density at radius 2 is 1.97 bits per heavy atom. The van der Waals surface area contributed by atoms with E-state index in [4.69, 9.17) is 4.99 Å². The van der Waals surface area contributed by atoms with Crippen molar-refractivity contribution in [1.29, 1.82) is 0 Å². The molecule has 1 heterocycles. The summed E-state index contributed by atoms with van der Waals surface area (Å²) in [5.41, 5.74) is 1.50. The maximum atomic E-state index is 14.7. The predicted octanol–water partition coefficient (Wildman–Crippen LogP) is 4.43. The molecule has 0 spiro atoms. The van der Waals surface area contributed by atoms with Gasteiger partial charge in [-0.05, 0) is 56.2 Å². The maximum absolute atomic E-state index is 14.7. The Labute approximate surface area is 197 Å². The number of benzene rings is 1. The molecule has 1 aliphatic heterocycles. The van der Waals surface area contributed by atoms with E-state index in [1.165, 1.54) is 32.1 Å².